The van der Waals surface area contributed by atoms with Gasteiger partial charge in [0.25, 0.3) is 5.91 Å². The fraction of sp³-hybridized carbons (Fsp3) is 0.281. The SMILES string of the molecule is COc1ccccc1N(CCN1CCC(C(=O)c2ccc(F)cc2)CC1)C(=O)c1ccc(C(=N)NS(C)(=O)=O)cc1.O=C(O)C(=O)O. The van der Waals surface area contributed by atoms with E-state index in [2.05, 4.69) is 9.62 Å². The Kier molecular flexibility index (Phi) is 12.7. The number of carboxylic acid groups (broad SMARTS) is 2. The predicted octanol–water partition coefficient (Wildman–Crippen LogP) is 3.11. The number of carboxylic acids is 2. The van der Waals surface area contributed by atoms with Crippen LogP contribution in [-0.4, -0.2) is 92.5 Å². The predicted molar refractivity (Wildman–Crippen MR) is 171 cm³/mol. The molecule has 0 atom stereocenters. The Hall–Kier alpha value is -5.15. The number of hydrogen-bond donors (Lipinski definition) is 4. The van der Waals surface area contributed by atoms with Crippen molar-refractivity contribution in [1.82, 2.24) is 9.62 Å². The van der Waals surface area contributed by atoms with Gasteiger partial charge in [0.2, 0.25) is 10.0 Å². The molecular formula is C32H35FN4O9S. The number of likely N-dealkylation sites (tertiary alicyclic amines) is 1. The van der Waals surface area contributed by atoms with Crippen LogP contribution in [0.2, 0.25) is 0 Å². The van der Waals surface area contributed by atoms with E-state index in [4.69, 9.17) is 29.9 Å². The Morgan fingerprint density at radius 1 is 0.915 bits per heavy atom. The number of para-hydroxylation sites is 2. The molecule has 1 aliphatic heterocycles. The lowest BCUT2D eigenvalue weighted by atomic mass is 9.89. The smallest absolute Gasteiger partial charge is 0.414 e. The largest absolute Gasteiger partial charge is 0.495 e. The zero-order chi connectivity index (χ0) is 34.7. The van der Waals surface area contributed by atoms with E-state index in [1.54, 1.807) is 30.2 Å². The number of ether oxygens (including phenoxy) is 1. The standard InChI is InChI=1S/C30H33FN4O5S.C2H2O4/c1-40-27-6-4-3-5-26(27)35(30(37)24-9-7-23(8-10-24)29(32)33-41(2,38)39)20-19-34-17-15-22(16-18-34)28(36)21-11-13-25(31)14-12-21;3-1(4)2(5)6/h3-14,22H,15-20H2,1-2H3,(H2,32,33);(H,3,4)(H,5,6). The van der Waals surface area contributed by atoms with Crippen LogP contribution in [0, 0.1) is 17.1 Å². The fourth-order valence-electron chi connectivity index (χ4n) is 4.87. The van der Waals surface area contributed by atoms with Gasteiger partial charge in [-0.1, -0.05) is 24.3 Å². The number of carbonyl (C=O) groups is 4. The highest BCUT2D eigenvalue weighted by atomic mass is 32.2. The summed E-state index contributed by atoms with van der Waals surface area (Å²) < 4.78 is 43.8. The number of sulfonamides is 1. The molecule has 0 radical (unpaired) electrons. The molecule has 13 nitrogen and oxygen atoms in total. The van der Waals surface area contributed by atoms with E-state index in [9.17, 15) is 22.4 Å². The Morgan fingerprint density at radius 2 is 1.45 bits per heavy atom. The first-order valence-corrected chi connectivity index (χ1v) is 16.2. The molecule has 4 rings (SSSR count). The number of halogens is 1. The van der Waals surface area contributed by atoms with E-state index in [-0.39, 0.29) is 29.3 Å². The minimum atomic E-state index is -3.60. The van der Waals surface area contributed by atoms with Gasteiger partial charge in [-0.15, -0.1) is 0 Å². The molecule has 250 valence electrons. The third kappa shape index (κ3) is 10.7. The van der Waals surface area contributed by atoms with Gasteiger partial charge in [-0.05, 0) is 74.5 Å². The van der Waals surface area contributed by atoms with E-state index in [1.807, 2.05) is 18.2 Å². The molecular weight excluding hydrogens is 635 g/mol. The average molecular weight is 671 g/mol. The van der Waals surface area contributed by atoms with Crippen molar-refractivity contribution in [3.8, 4) is 5.75 Å². The maximum atomic E-state index is 13.7. The number of nitrogens with one attached hydrogen (secondary N) is 2. The lowest BCUT2D eigenvalue weighted by molar-refractivity contribution is -0.159. The van der Waals surface area contributed by atoms with Crippen LogP contribution in [0.3, 0.4) is 0 Å². The zero-order valence-corrected chi connectivity index (χ0v) is 26.5. The van der Waals surface area contributed by atoms with Gasteiger partial charge < -0.3 is 24.7 Å². The minimum absolute atomic E-state index is 0.0266. The van der Waals surface area contributed by atoms with Crippen molar-refractivity contribution in [2.45, 2.75) is 12.8 Å². The minimum Gasteiger partial charge on any atom is -0.495 e. The molecule has 4 N–H and O–H groups in total. The Labute approximate surface area is 271 Å². The van der Waals surface area contributed by atoms with E-state index in [0.29, 0.717) is 67.1 Å². The van der Waals surface area contributed by atoms with Crippen LogP contribution in [0.4, 0.5) is 10.1 Å². The number of aliphatic carboxylic acids is 2. The van der Waals surface area contributed by atoms with Crippen LogP contribution < -0.4 is 14.4 Å². The second kappa shape index (κ2) is 16.4. The van der Waals surface area contributed by atoms with Gasteiger partial charge in [0.05, 0.1) is 19.1 Å². The number of amides is 1. The Bertz CT molecular complexity index is 1700. The molecule has 1 aliphatic rings. The molecule has 0 aromatic heterocycles. The summed E-state index contributed by atoms with van der Waals surface area (Å²) >= 11 is 0. The summed E-state index contributed by atoms with van der Waals surface area (Å²) in [5, 5.41) is 22.8. The number of hydrogen-bond acceptors (Lipinski definition) is 9. The maximum Gasteiger partial charge on any atom is 0.414 e. The molecule has 1 saturated heterocycles. The van der Waals surface area contributed by atoms with Crippen molar-refractivity contribution in [3.63, 3.8) is 0 Å². The third-order valence-corrected chi connectivity index (χ3v) is 7.81. The highest BCUT2D eigenvalue weighted by molar-refractivity contribution is 7.89. The zero-order valence-electron chi connectivity index (χ0n) is 25.7. The first-order valence-electron chi connectivity index (χ1n) is 14.3. The first kappa shape index (κ1) is 36.3. The number of carbonyl (C=O) groups excluding carboxylic acids is 2. The molecule has 3 aromatic carbocycles. The molecule has 47 heavy (non-hydrogen) atoms. The fourth-order valence-corrected chi connectivity index (χ4v) is 5.36. The van der Waals surface area contributed by atoms with Crippen molar-refractivity contribution < 1.29 is 46.9 Å². The first-order chi connectivity index (χ1) is 22.2. The van der Waals surface area contributed by atoms with Crippen molar-refractivity contribution in [3.05, 3.63) is 95.3 Å². The van der Waals surface area contributed by atoms with Crippen molar-refractivity contribution in [2.24, 2.45) is 5.92 Å². The molecule has 1 amide bonds. The van der Waals surface area contributed by atoms with Gasteiger partial charge in [0.1, 0.15) is 17.4 Å². The summed E-state index contributed by atoms with van der Waals surface area (Å²) in [5.41, 5.74) is 1.83. The van der Waals surface area contributed by atoms with Crippen LogP contribution >= 0.6 is 0 Å². The molecule has 0 unspecified atom stereocenters. The number of nitrogens with zero attached hydrogens (tertiary/aromatic N) is 2. The Balaban J connectivity index is 0.000000913. The third-order valence-electron chi connectivity index (χ3n) is 7.24. The number of amidine groups is 1. The molecule has 0 saturated carbocycles. The highest BCUT2D eigenvalue weighted by Gasteiger charge is 2.27. The number of piperidine rings is 1. The van der Waals surface area contributed by atoms with Gasteiger partial charge in [0.15, 0.2) is 5.78 Å². The number of anilines is 1. The van der Waals surface area contributed by atoms with E-state index >= 15 is 0 Å². The maximum absolute atomic E-state index is 13.7. The highest BCUT2D eigenvalue weighted by Crippen LogP contribution is 2.29. The van der Waals surface area contributed by atoms with Gasteiger partial charge in [-0.3, -0.25) is 19.7 Å². The molecule has 1 fully saturated rings. The molecule has 0 spiro atoms. The van der Waals surface area contributed by atoms with Gasteiger partial charge >= 0.3 is 11.9 Å². The summed E-state index contributed by atoms with van der Waals surface area (Å²) in [6.07, 6.45) is 2.32. The molecule has 3 aromatic rings. The number of methoxy groups -OCH3 is 1. The van der Waals surface area contributed by atoms with E-state index in [1.165, 1.54) is 36.4 Å². The molecule has 0 aliphatic carbocycles. The van der Waals surface area contributed by atoms with Crippen LogP contribution in [0.15, 0.2) is 72.8 Å². The van der Waals surface area contributed by atoms with Gasteiger partial charge in [-0.2, -0.15) is 0 Å². The Morgan fingerprint density at radius 3 is 1.98 bits per heavy atom. The summed E-state index contributed by atoms with van der Waals surface area (Å²) in [5.74, 6) is -4.13. The lowest BCUT2D eigenvalue weighted by Gasteiger charge is -2.33. The van der Waals surface area contributed by atoms with Crippen molar-refractivity contribution >= 4 is 45.2 Å². The van der Waals surface area contributed by atoms with Gasteiger partial charge in [0, 0.05) is 35.7 Å². The second-order valence-electron chi connectivity index (χ2n) is 10.6. The summed E-state index contributed by atoms with van der Waals surface area (Å²) in [7, 11) is -2.06. The monoisotopic (exact) mass is 670 g/mol. The number of ketones is 1. The lowest BCUT2D eigenvalue weighted by Crippen LogP contribution is -2.43. The number of rotatable bonds is 10. The summed E-state index contributed by atoms with van der Waals surface area (Å²) in [6.45, 7) is 2.32. The van der Waals surface area contributed by atoms with Gasteiger partial charge in [-0.25, -0.2) is 22.4 Å². The number of Topliss-reactive ketones (excluding diaryl/α,β-unsaturated/α-hetero) is 1. The second-order valence-corrected chi connectivity index (χ2v) is 12.3. The van der Waals surface area contributed by atoms with Crippen LogP contribution in [0.5, 0.6) is 5.75 Å². The molecule has 0 bridgehead atoms. The topological polar surface area (TPSA) is 194 Å². The summed E-state index contributed by atoms with van der Waals surface area (Å²) in [4.78, 5) is 48.7. The molecule has 1 heterocycles. The van der Waals surface area contributed by atoms with Crippen LogP contribution in [0.1, 0.15) is 39.1 Å². The average Bonchev–Trinajstić information content (AvgIpc) is 3.04. The normalized spacial score (nSPS) is 13.4. The number of benzene rings is 3. The van der Waals surface area contributed by atoms with Crippen LogP contribution in [-0.2, 0) is 19.6 Å². The summed E-state index contributed by atoms with van der Waals surface area (Å²) in [6, 6.07) is 19.1. The quantitative estimate of drug-likeness (QED) is 0.108. The van der Waals surface area contributed by atoms with Crippen molar-refractivity contribution in [1.29, 1.82) is 5.41 Å². The van der Waals surface area contributed by atoms with Crippen LogP contribution in [0.25, 0.3) is 0 Å². The van der Waals surface area contributed by atoms with E-state index in [0.717, 1.165) is 6.26 Å². The molecule has 15 heteroatoms. The van der Waals surface area contributed by atoms with Crippen molar-refractivity contribution in [2.75, 3.05) is 44.4 Å². The van der Waals surface area contributed by atoms with E-state index < -0.39 is 22.0 Å².